The van der Waals surface area contributed by atoms with Gasteiger partial charge >= 0.3 is 5.97 Å². The van der Waals surface area contributed by atoms with Crippen LogP contribution in [0.4, 0.5) is 5.69 Å². The molecule has 4 heteroatoms. The Balaban J connectivity index is 1.85. The standard InChI is InChI=1S/C15H20BrNO2/c1-10-8-13(6-7-14(10)16)17-12-4-2-11(3-5-12)9-15(18)19/h6-8,11-12,17H,2-5,9H2,1H3,(H,18,19). The van der Waals surface area contributed by atoms with Crippen molar-refractivity contribution in [3.05, 3.63) is 28.2 Å². The Bertz CT molecular complexity index is 453. The van der Waals surface area contributed by atoms with Crippen molar-refractivity contribution in [2.45, 2.75) is 45.1 Å². The third kappa shape index (κ3) is 4.23. The summed E-state index contributed by atoms with van der Waals surface area (Å²) in [5.74, 6) is -0.304. The molecule has 1 aromatic rings. The summed E-state index contributed by atoms with van der Waals surface area (Å²) in [7, 11) is 0. The van der Waals surface area contributed by atoms with Crippen molar-refractivity contribution < 1.29 is 9.90 Å². The summed E-state index contributed by atoms with van der Waals surface area (Å²) in [6, 6.07) is 6.77. The van der Waals surface area contributed by atoms with Gasteiger partial charge in [0.25, 0.3) is 0 Å². The minimum atomic E-state index is -0.667. The van der Waals surface area contributed by atoms with Gasteiger partial charge in [-0.3, -0.25) is 4.79 Å². The monoisotopic (exact) mass is 325 g/mol. The Morgan fingerprint density at radius 3 is 2.63 bits per heavy atom. The molecule has 0 aliphatic heterocycles. The Labute approximate surface area is 122 Å². The molecule has 2 N–H and O–H groups in total. The highest BCUT2D eigenvalue weighted by atomic mass is 79.9. The zero-order valence-corrected chi connectivity index (χ0v) is 12.7. The van der Waals surface area contributed by atoms with Crippen LogP contribution in [-0.2, 0) is 4.79 Å². The van der Waals surface area contributed by atoms with Gasteiger partial charge in [0.15, 0.2) is 0 Å². The molecule has 0 amide bonds. The molecule has 1 aromatic carbocycles. The van der Waals surface area contributed by atoms with Crippen LogP contribution in [0.1, 0.15) is 37.7 Å². The average Bonchev–Trinajstić information content (AvgIpc) is 2.36. The maximum atomic E-state index is 10.7. The lowest BCUT2D eigenvalue weighted by Gasteiger charge is -2.29. The van der Waals surface area contributed by atoms with Crippen LogP contribution in [0.15, 0.2) is 22.7 Å². The van der Waals surface area contributed by atoms with Gasteiger partial charge in [-0.1, -0.05) is 15.9 Å². The molecule has 104 valence electrons. The lowest BCUT2D eigenvalue weighted by molar-refractivity contribution is -0.138. The lowest BCUT2D eigenvalue weighted by Crippen LogP contribution is -2.27. The first-order valence-corrected chi connectivity index (χ1v) is 7.58. The van der Waals surface area contributed by atoms with E-state index < -0.39 is 5.97 Å². The number of carboxylic acids is 1. The van der Waals surface area contributed by atoms with Gasteiger partial charge in [-0.25, -0.2) is 0 Å². The van der Waals surface area contributed by atoms with Gasteiger partial charge in [0.2, 0.25) is 0 Å². The van der Waals surface area contributed by atoms with E-state index in [1.165, 1.54) is 5.56 Å². The number of hydrogen-bond acceptors (Lipinski definition) is 2. The molecule has 0 atom stereocenters. The van der Waals surface area contributed by atoms with Crippen molar-refractivity contribution in [2.75, 3.05) is 5.32 Å². The number of aryl methyl sites for hydroxylation is 1. The highest BCUT2D eigenvalue weighted by molar-refractivity contribution is 9.10. The smallest absolute Gasteiger partial charge is 0.303 e. The molecular formula is C15H20BrNO2. The molecule has 1 aliphatic rings. The summed E-state index contributed by atoms with van der Waals surface area (Å²) in [6.07, 6.45) is 4.48. The van der Waals surface area contributed by atoms with Crippen LogP contribution >= 0.6 is 15.9 Å². The molecule has 1 aliphatic carbocycles. The van der Waals surface area contributed by atoms with Crippen LogP contribution in [0.25, 0.3) is 0 Å². The van der Waals surface area contributed by atoms with Gasteiger partial charge in [-0.05, 0) is 62.3 Å². The topological polar surface area (TPSA) is 49.3 Å². The van der Waals surface area contributed by atoms with E-state index in [2.05, 4.69) is 46.4 Å². The van der Waals surface area contributed by atoms with E-state index in [0.29, 0.717) is 18.4 Å². The van der Waals surface area contributed by atoms with Gasteiger partial charge in [-0.2, -0.15) is 0 Å². The molecule has 0 radical (unpaired) electrons. The van der Waals surface area contributed by atoms with Crippen LogP contribution in [0.2, 0.25) is 0 Å². The van der Waals surface area contributed by atoms with Crippen LogP contribution in [0.5, 0.6) is 0 Å². The molecule has 1 saturated carbocycles. The number of nitrogens with one attached hydrogen (secondary N) is 1. The molecular weight excluding hydrogens is 306 g/mol. The number of carbonyl (C=O) groups is 1. The highest BCUT2D eigenvalue weighted by Gasteiger charge is 2.22. The molecule has 19 heavy (non-hydrogen) atoms. The number of aliphatic carboxylic acids is 1. The summed E-state index contributed by atoms with van der Waals surface area (Å²) in [6.45, 7) is 2.08. The fourth-order valence-electron chi connectivity index (χ4n) is 2.73. The molecule has 0 spiro atoms. The first-order chi connectivity index (χ1) is 9.04. The summed E-state index contributed by atoms with van der Waals surface area (Å²) in [4.78, 5) is 10.7. The maximum absolute atomic E-state index is 10.7. The van der Waals surface area contributed by atoms with E-state index >= 15 is 0 Å². The van der Waals surface area contributed by atoms with Crippen molar-refractivity contribution in [1.29, 1.82) is 0 Å². The summed E-state index contributed by atoms with van der Waals surface area (Å²) in [5, 5.41) is 12.4. The summed E-state index contributed by atoms with van der Waals surface area (Å²) in [5.41, 5.74) is 2.38. The van der Waals surface area contributed by atoms with E-state index in [-0.39, 0.29) is 0 Å². The number of carboxylic acid groups (broad SMARTS) is 1. The van der Waals surface area contributed by atoms with E-state index in [9.17, 15) is 4.79 Å². The number of hydrogen-bond donors (Lipinski definition) is 2. The molecule has 0 heterocycles. The first-order valence-electron chi connectivity index (χ1n) is 6.79. The van der Waals surface area contributed by atoms with Crippen molar-refractivity contribution in [2.24, 2.45) is 5.92 Å². The zero-order valence-electron chi connectivity index (χ0n) is 11.2. The number of anilines is 1. The fourth-order valence-corrected chi connectivity index (χ4v) is 2.97. The Morgan fingerprint density at radius 1 is 1.37 bits per heavy atom. The van der Waals surface area contributed by atoms with Gasteiger partial charge in [0, 0.05) is 22.6 Å². The Kier molecular flexibility index (Phi) is 4.86. The SMILES string of the molecule is Cc1cc(NC2CCC(CC(=O)O)CC2)ccc1Br. The normalized spacial score (nSPS) is 23.1. The quantitative estimate of drug-likeness (QED) is 0.872. The van der Waals surface area contributed by atoms with E-state index in [4.69, 9.17) is 5.11 Å². The van der Waals surface area contributed by atoms with Crippen molar-refractivity contribution in [3.8, 4) is 0 Å². The summed E-state index contributed by atoms with van der Waals surface area (Å²) >= 11 is 3.50. The molecule has 0 aromatic heterocycles. The van der Waals surface area contributed by atoms with Gasteiger partial charge in [0.1, 0.15) is 0 Å². The number of rotatable bonds is 4. The van der Waals surface area contributed by atoms with Gasteiger partial charge in [-0.15, -0.1) is 0 Å². The second-order valence-electron chi connectivity index (χ2n) is 5.42. The first kappa shape index (κ1) is 14.4. The van der Waals surface area contributed by atoms with E-state index in [1.54, 1.807) is 0 Å². The van der Waals surface area contributed by atoms with Gasteiger partial charge in [0.05, 0.1) is 0 Å². The van der Waals surface area contributed by atoms with Crippen LogP contribution in [-0.4, -0.2) is 17.1 Å². The second-order valence-corrected chi connectivity index (χ2v) is 6.28. The van der Waals surface area contributed by atoms with Gasteiger partial charge < -0.3 is 10.4 Å². The average molecular weight is 326 g/mol. The molecule has 0 saturated heterocycles. The van der Waals surface area contributed by atoms with Crippen LogP contribution in [0, 0.1) is 12.8 Å². The Hall–Kier alpha value is -1.03. The molecule has 2 rings (SSSR count). The molecule has 0 bridgehead atoms. The lowest BCUT2D eigenvalue weighted by atomic mass is 9.84. The van der Waals surface area contributed by atoms with Crippen molar-refractivity contribution in [1.82, 2.24) is 0 Å². The maximum Gasteiger partial charge on any atom is 0.303 e. The van der Waals surface area contributed by atoms with E-state index in [0.717, 1.165) is 35.8 Å². The third-order valence-electron chi connectivity index (χ3n) is 3.84. The molecule has 3 nitrogen and oxygen atoms in total. The Morgan fingerprint density at radius 2 is 2.05 bits per heavy atom. The number of benzene rings is 1. The minimum Gasteiger partial charge on any atom is -0.481 e. The fraction of sp³-hybridized carbons (Fsp3) is 0.533. The summed E-state index contributed by atoms with van der Waals surface area (Å²) < 4.78 is 1.13. The van der Waals surface area contributed by atoms with Crippen LogP contribution in [0.3, 0.4) is 0 Å². The second kappa shape index (κ2) is 6.42. The zero-order chi connectivity index (χ0) is 13.8. The predicted molar refractivity (Wildman–Crippen MR) is 80.5 cm³/mol. The van der Waals surface area contributed by atoms with Crippen molar-refractivity contribution >= 4 is 27.6 Å². The van der Waals surface area contributed by atoms with E-state index in [1.807, 2.05) is 0 Å². The minimum absolute atomic E-state index is 0.324. The molecule has 1 fully saturated rings. The van der Waals surface area contributed by atoms with Crippen molar-refractivity contribution in [3.63, 3.8) is 0 Å². The van der Waals surface area contributed by atoms with Crippen LogP contribution < -0.4 is 5.32 Å². The largest absolute Gasteiger partial charge is 0.481 e. The molecule has 0 unspecified atom stereocenters. The highest BCUT2D eigenvalue weighted by Crippen LogP contribution is 2.29. The third-order valence-corrected chi connectivity index (χ3v) is 4.73. The number of halogens is 1. The predicted octanol–water partition coefficient (Wildman–Crippen LogP) is 4.20.